The van der Waals surface area contributed by atoms with Crippen molar-refractivity contribution in [2.75, 3.05) is 0 Å². The lowest BCUT2D eigenvalue weighted by molar-refractivity contribution is 0.442. The van der Waals surface area contributed by atoms with E-state index in [2.05, 4.69) is 20.8 Å². The number of rotatable bonds is 8. The molecule has 0 N–H and O–H groups in total. The summed E-state index contributed by atoms with van der Waals surface area (Å²) in [6.45, 7) is 6.97. The Morgan fingerprint density at radius 1 is 0.500 bits per heavy atom. The van der Waals surface area contributed by atoms with Crippen LogP contribution in [0.5, 0.6) is 0 Å². The van der Waals surface area contributed by atoms with Crippen LogP contribution in [0.3, 0.4) is 0 Å². The monoisotopic (exact) mass is 298 g/mol. The second-order valence-corrected chi connectivity index (χ2v) is 4.10. The Morgan fingerprint density at radius 2 is 0.750 bits per heavy atom. The molecule has 138 valence electrons. The van der Waals surface area contributed by atoms with E-state index in [-0.39, 0.29) is 59.4 Å². The Labute approximate surface area is 138 Å². The molecule has 0 heterocycles. The van der Waals surface area contributed by atoms with Crippen molar-refractivity contribution < 1.29 is 0 Å². The molecule has 0 aromatic heterocycles. The summed E-state index contributed by atoms with van der Waals surface area (Å²) in [5.74, 6) is 0.975. The Morgan fingerprint density at radius 3 is 0.950 bits per heavy atom. The molecule has 0 amide bonds. The van der Waals surface area contributed by atoms with Gasteiger partial charge in [-0.1, -0.05) is 132 Å². The highest BCUT2D eigenvalue weighted by Gasteiger charge is 2.00. The first-order chi connectivity index (χ1) is 5.81. The van der Waals surface area contributed by atoms with Gasteiger partial charge in [0.05, 0.1) is 0 Å². The van der Waals surface area contributed by atoms with E-state index in [0.29, 0.717) is 0 Å². The molecule has 0 aromatic carbocycles. The molecule has 0 saturated heterocycles. The van der Waals surface area contributed by atoms with E-state index in [4.69, 9.17) is 0 Å². The van der Waals surface area contributed by atoms with Crippen LogP contribution in [0.1, 0.15) is 132 Å². The quantitative estimate of drug-likeness (QED) is 0.391. The van der Waals surface area contributed by atoms with E-state index in [1.807, 2.05) is 0 Å². The van der Waals surface area contributed by atoms with Gasteiger partial charge in [0, 0.05) is 0 Å². The minimum Gasteiger partial charge on any atom is -0.0776 e. The normalized spacial score (nSPS) is 6.60. The second kappa shape index (κ2) is 50.9. The van der Waals surface area contributed by atoms with Crippen LogP contribution in [-0.4, -0.2) is 0 Å². The minimum atomic E-state index is 0. The zero-order valence-corrected chi connectivity index (χ0v) is 9.23. The highest BCUT2D eigenvalue weighted by molar-refractivity contribution is 4.53. The Balaban J connectivity index is -0.0000000216. The standard InChI is InChI=1S/C12H26.8CH4/c1-4-6-8-10-12(3)11-9-7-5-2;;;;;;;;/h12H,4-11H2,1-3H3;8*1H4. The number of hydrogen-bond acceptors (Lipinski definition) is 0. The van der Waals surface area contributed by atoms with E-state index in [1.54, 1.807) is 0 Å². The minimum absolute atomic E-state index is 0. The molecule has 0 aliphatic rings. The van der Waals surface area contributed by atoms with E-state index in [0.717, 1.165) is 5.92 Å². The SMILES string of the molecule is C.C.C.C.C.C.C.C.CCCCCC(C)CCCCC. The molecular formula is C20H58. The third-order valence-electron chi connectivity index (χ3n) is 2.60. The number of hydrogen-bond donors (Lipinski definition) is 0. The van der Waals surface area contributed by atoms with Crippen LogP contribution in [0.15, 0.2) is 0 Å². The summed E-state index contributed by atoms with van der Waals surface area (Å²) >= 11 is 0. The molecule has 0 saturated carbocycles. The molecule has 0 rings (SSSR count). The largest absolute Gasteiger partial charge is 0.0776 e. The van der Waals surface area contributed by atoms with Gasteiger partial charge < -0.3 is 0 Å². The third kappa shape index (κ3) is 52.0. The van der Waals surface area contributed by atoms with Crippen molar-refractivity contribution in [1.82, 2.24) is 0 Å². The van der Waals surface area contributed by atoms with Crippen molar-refractivity contribution in [3.8, 4) is 0 Å². The van der Waals surface area contributed by atoms with Gasteiger partial charge in [0.25, 0.3) is 0 Å². The van der Waals surface area contributed by atoms with Crippen LogP contribution in [0.25, 0.3) is 0 Å². The van der Waals surface area contributed by atoms with Crippen molar-refractivity contribution in [2.24, 2.45) is 5.92 Å². The van der Waals surface area contributed by atoms with Gasteiger partial charge in [0.2, 0.25) is 0 Å². The maximum atomic E-state index is 2.41. The molecule has 0 aliphatic heterocycles. The molecule has 0 fully saturated rings. The lowest BCUT2D eigenvalue weighted by atomic mass is 9.97. The number of unbranched alkanes of at least 4 members (excludes halogenated alkanes) is 4. The first kappa shape index (κ1) is 59.7. The lowest BCUT2D eigenvalue weighted by Gasteiger charge is -2.09. The molecule has 0 aromatic rings. The Kier molecular flexibility index (Phi) is 152. The van der Waals surface area contributed by atoms with Gasteiger partial charge in [-0.25, -0.2) is 0 Å². The third-order valence-corrected chi connectivity index (χ3v) is 2.60. The van der Waals surface area contributed by atoms with Crippen LogP contribution in [0.4, 0.5) is 0 Å². The molecule has 20 heavy (non-hydrogen) atoms. The van der Waals surface area contributed by atoms with Crippen molar-refractivity contribution in [1.29, 1.82) is 0 Å². The first-order valence-corrected chi connectivity index (χ1v) is 5.81. The second-order valence-electron chi connectivity index (χ2n) is 4.10. The maximum Gasteiger partial charge on any atom is -0.0443 e. The highest BCUT2D eigenvalue weighted by Crippen LogP contribution is 2.16. The average molecular weight is 299 g/mol. The van der Waals surface area contributed by atoms with Crippen molar-refractivity contribution in [2.45, 2.75) is 132 Å². The predicted molar refractivity (Wildman–Crippen MR) is 111 cm³/mol. The van der Waals surface area contributed by atoms with Crippen LogP contribution in [0, 0.1) is 5.92 Å². The smallest absolute Gasteiger partial charge is 0.0443 e. The Hall–Kier alpha value is 0. The van der Waals surface area contributed by atoms with Gasteiger partial charge in [-0.3, -0.25) is 0 Å². The summed E-state index contributed by atoms with van der Waals surface area (Å²) < 4.78 is 0. The van der Waals surface area contributed by atoms with Gasteiger partial charge in [0.1, 0.15) is 0 Å². The topological polar surface area (TPSA) is 0 Å². The summed E-state index contributed by atoms with van der Waals surface area (Å²) in [7, 11) is 0. The van der Waals surface area contributed by atoms with Crippen LogP contribution < -0.4 is 0 Å². The summed E-state index contributed by atoms with van der Waals surface area (Å²) in [6.07, 6.45) is 11.4. The molecule has 0 heteroatoms. The lowest BCUT2D eigenvalue weighted by Crippen LogP contribution is -1.94. The zero-order chi connectivity index (χ0) is 9.23. The van der Waals surface area contributed by atoms with Crippen LogP contribution in [-0.2, 0) is 0 Å². The summed E-state index contributed by atoms with van der Waals surface area (Å²) in [5, 5.41) is 0. The molecule has 0 spiro atoms. The maximum absolute atomic E-state index is 2.41. The zero-order valence-electron chi connectivity index (χ0n) is 9.23. The van der Waals surface area contributed by atoms with Gasteiger partial charge in [-0.2, -0.15) is 0 Å². The van der Waals surface area contributed by atoms with Crippen LogP contribution >= 0.6 is 0 Å². The molecule has 0 unspecified atom stereocenters. The van der Waals surface area contributed by atoms with Crippen molar-refractivity contribution in [3.63, 3.8) is 0 Å². The van der Waals surface area contributed by atoms with Gasteiger partial charge in [0.15, 0.2) is 0 Å². The highest BCUT2D eigenvalue weighted by atomic mass is 14.1. The van der Waals surface area contributed by atoms with Crippen molar-refractivity contribution in [3.05, 3.63) is 0 Å². The van der Waals surface area contributed by atoms with Crippen LogP contribution in [0.2, 0.25) is 0 Å². The molecule has 0 aliphatic carbocycles. The summed E-state index contributed by atoms with van der Waals surface area (Å²) in [6, 6.07) is 0. The fourth-order valence-electron chi connectivity index (χ4n) is 1.63. The van der Waals surface area contributed by atoms with E-state index in [9.17, 15) is 0 Å². The predicted octanol–water partition coefficient (Wildman–Crippen LogP) is 9.87. The van der Waals surface area contributed by atoms with Gasteiger partial charge >= 0.3 is 0 Å². The fourth-order valence-corrected chi connectivity index (χ4v) is 1.63. The molecule has 0 atom stereocenters. The molecule has 0 radical (unpaired) electrons. The molecular weight excluding hydrogens is 240 g/mol. The summed E-state index contributed by atoms with van der Waals surface area (Å²) in [4.78, 5) is 0. The Bertz CT molecular complexity index is 66.1. The molecule has 0 nitrogen and oxygen atoms in total. The average Bonchev–Trinajstić information content (AvgIpc) is 2.06. The van der Waals surface area contributed by atoms with Gasteiger partial charge in [-0.05, 0) is 5.92 Å². The molecule has 0 bridgehead atoms. The van der Waals surface area contributed by atoms with E-state index >= 15 is 0 Å². The summed E-state index contributed by atoms with van der Waals surface area (Å²) in [5.41, 5.74) is 0. The van der Waals surface area contributed by atoms with Crippen molar-refractivity contribution >= 4 is 0 Å². The van der Waals surface area contributed by atoms with E-state index < -0.39 is 0 Å². The fraction of sp³-hybridized carbons (Fsp3) is 1.00. The first-order valence-electron chi connectivity index (χ1n) is 5.81. The van der Waals surface area contributed by atoms with E-state index in [1.165, 1.54) is 51.4 Å². The van der Waals surface area contributed by atoms with Gasteiger partial charge in [-0.15, -0.1) is 0 Å².